The van der Waals surface area contributed by atoms with E-state index in [1.54, 1.807) is 0 Å². The number of rotatable bonds is 6. The molecule has 0 aliphatic carbocycles. The third-order valence-electron chi connectivity index (χ3n) is 4.16. The fraction of sp³-hybridized carbons (Fsp3) is 0.450. The fourth-order valence-electron chi connectivity index (χ4n) is 2.53. The van der Waals surface area contributed by atoms with Crippen molar-refractivity contribution in [1.29, 1.82) is 0 Å². The van der Waals surface area contributed by atoms with Crippen LogP contribution in [0.1, 0.15) is 44.5 Å². The highest BCUT2D eigenvalue weighted by Gasteiger charge is 2.13. The van der Waals surface area contributed by atoms with E-state index in [4.69, 9.17) is 0 Å². The molecule has 3 N–H and O–H groups in total. The molecule has 0 saturated carbocycles. The van der Waals surface area contributed by atoms with Gasteiger partial charge in [-0.1, -0.05) is 52.0 Å². The molecule has 0 unspecified atom stereocenters. The van der Waals surface area contributed by atoms with E-state index in [9.17, 15) is 4.79 Å². The number of aromatic amines is 2. The maximum Gasteiger partial charge on any atom is 0.264 e. The lowest BCUT2D eigenvalue weighted by molar-refractivity contribution is 0.590. The van der Waals surface area contributed by atoms with Crippen molar-refractivity contribution < 1.29 is 0 Å². The summed E-state index contributed by atoms with van der Waals surface area (Å²) < 4.78 is 0. The summed E-state index contributed by atoms with van der Waals surface area (Å²) in [7, 11) is 1.91. The van der Waals surface area contributed by atoms with Crippen molar-refractivity contribution in [3.8, 4) is 0 Å². The van der Waals surface area contributed by atoms with Gasteiger partial charge in [0.05, 0.1) is 5.69 Å². The van der Waals surface area contributed by atoms with Crippen LogP contribution in [0.5, 0.6) is 0 Å². The molecule has 27 heavy (non-hydrogen) atoms. The molecule has 0 atom stereocenters. The molecule has 0 aliphatic rings. The van der Waals surface area contributed by atoms with Gasteiger partial charge >= 0.3 is 0 Å². The molecule has 0 bridgehead atoms. The molecule has 0 aliphatic heterocycles. The second-order valence-corrected chi connectivity index (χ2v) is 7.53. The number of nitrogens with one attached hydrogen (secondary N) is 3. The molecule has 0 fully saturated rings. The Kier molecular flexibility index (Phi) is 7.12. The SMILES string of the molecule is CCNCc1cc(=O)[nH][nH]c(N(C)Cc2ccc(C(C)(C)C)cc2)ncn1. The zero-order valence-corrected chi connectivity index (χ0v) is 16.8. The van der Waals surface area contributed by atoms with Gasteiger partial charge in [0.1, 0.15) is 6.33 Å². The first-order valence-corrected chi connectivity index (χ1v) is 9.17. The Morgan fingerprint density at radius 1 is 1.11 bits per heavy atom. The van der Waals surface area contributed by atoms with Crippen LogP contribution in [0.4, 0.5) is 5.95 Å². The molecule has 2 rings (SSSR count). The zero-order chi connectivity index (χ0) is 19.9. The second kappa shape index (κ2) is 9.32. The van der Waals surface area contributed by atoms with E-state index in [-0.39, 0.29) is 11.0 Å². The Hall–Kier alpha value is -2.67. The first-order chi connectivity index (χ1) is 12.8. The molecule has 146 valence electrons. The Morgan fingerprint density at radius 3 is 2.44 bits per heavy atom. The lowest BCUT2D eigenvalue weighted by Gasteiger charge is -2.20. The lowest BCUT2D eigenvalue weighted by Crippen LogP contribution is -2.20. The van der Waals surface area contributed by atoms with Crippen molar-refractivity contribution in [3.05, 3.63) is 63.8 Å². The molecular formula is C20H30N6O. The first-order valence-electron chi connectivity index (χ1n) is 9.17. The minimum Gasteiger partial charge on any atom is -0.340 e. The molecule has 1 aromatic carbocycles. The lowest BCUT2D eigenvalue weighted by atomic mass is 9.87. The predicted octanol–water partition coefficient (Wildman–Crippen LogP) is 2.66. The normalized spacial score (nSPS) is 11.1. The molecule has 1 heterocycles. The molecule has 0 radical (unpaired) electrons. The van der Waals surface area contributed by atoms with Gasteiger partial charge in [-0.25, -0.2) is 9.97 Å². The number of H-pyrrole nitrogens is 2. The average molecular weight is 371 g/mol. The Morgan fingerprint density at radius 2 is 1.81 bits per heavy atom. The van der Waals surface area contributed by atoms with Crippen LogP contribution in [0.2, 0.25) is 0 Å². The van der Waals surface area contributed by atoms with Gasteiger partial charge in [0.2, 0.25) is 5.95 Å². The van der Waals surface area contributed by atoms with E-state index in [0.29, 0.717) is 24.7 Å². The van der Waals surface area contributed by atoms with E-state index in [0.717, 1.165) is 12.1 Å². The summed E-state index contributed by atoms with van der Waals surface area (Å²) in [5.74, 6) is 0.519. The predicted molar refractivity (Wildman–Crippen MR) is 109 cm³/mol. The van der Waals surface area contributed by atoms with E-state index >= 15 is 0 Å². The van der Waals surface area contributed by atoms with E-state index in [1.807, 2.05) is 18.9 Å². The Labute approximate surface area is 160 Å². The van der Waals surface area contributed by atoms with E-state index in [1.165, 1.54) is 18.0 Å². The van der Waals surface area contributed by atoms with Crippen molar-refractivity contribution in [3.63, 3.8) is 0 Å². The summed E-state index contributed by atoms with van der Waals surface area (Å²) >= 11 is 0. The van der Waals surface area contributed by atoms with Crippen LogP contribution in [0, 0.1) is 0 Å². The Balaban J connectivity index is 2.21. The summed E-state index contributed by atoms with van der Waals surface area (Å²) in [6.07, 6.45) is 1.46. The number of hydrogen-bond acceptors (Lipinski definition) is 5. The maximum absolute atomic E-state index is 12.0. The van der Waals surface area contributed by atoms with Crippen LogP contribution in [0.15, 0.2) is 41.5 Å². The van der Waals surface area contributed by atoms with Crippen LogP contribution in [0.3, 0.4) is 0 Å². The summed E-state index contributed by atoms with van der Waals surface area (Å²) in [6, 6.07) is 10.0. The van der Waals surface area contributed by atoms with Crippen LogP contribution in [-0.4, -0.2) is 33.8 Å². The minimum absolute atomic E-state index is 0.131. The standard InChI is InChI=1S/C20H30N6O/c1-6-21-12-17-11-18(27)24-25-19(23-14-22-17)26(5)13-15-7-9-16(10-8-15)20(2,3)4/h7-11,14,21H,6,12-13H2,1-5H3,(H,24,27)(H,22,23,25). The highest BCUT2D eigenvalue weighted by atomic mass is 16.1. The van der Waals surface area contributed by atoms with Crippen molar-refractivity contribution in [2.75, 3.05) is 18.5 Å². The zero-order valence-electron chi connectivity index (χ0n) is 16.8. The van der Waals surface area contributed by atoms with Crippen molar-refractivity contribution in [2.45, 2.75) is 46.2 Å². The molecule has 1 aromatic heterocycles. The maximum atomic E-state index is 12.0. The third kappa shape index (κ3) is 6.53. The van der Waals surface area contributed by atoms with Gasteiger partial charge in [-0.15, -0.1) is 0 Å². The summed E-state index contributed by atoms with van der Waals surface area (Å²) in [4.78, 5) is 22.5. The number of aromatic nitrogens is 4. The van der Waals surface area contributed by atoms with Crippen LogP contribution in [-0.2, 0) is 18.5 Å². The Bertz CT molecular complexity index is 831. The summed E-state index contributed by atoms with van der Waals surface area (Å²) in [5.41, 5.74) is 2.94. The fourth-order valence-corrected chi connectivity index (χ4v) is 2.53. The molecule has 0 saturated heterocycles. The molecule has 0 amide bonds. The summed E-state index contributed by atoms with van der Waals surface area (Å²) in [5, 5.41) is 8.64. The number of benzene rings is 1. The summed E-state index contributed by atoms with van der Waals surface area (Å²) in [6.45, 7) is 10.6. The molecule has 7 nitrogen and oxygen atoms in total. The smallest absolute Gasteiger partial charge is 0.264 e. The topological polar surface area (TPSA) is 89.7 Å². The van der Waals surface area contributed by atoms with Crippen molar-refractivity contribution in [2.24, 2.45) is 0 Å². The largest absolute Gasteiger partial charge is 0.340 e. The molecular weight excluding hydrogens is 340 g/mol. The van der Waals surface area contributed by atoms with Gasteiger partial charge in [0.25, 0.3) is 5.56 Å². The van der Waals surface area contributed by atoms with E-state index in [2.05, 4.69) is 70.5 Å². The highest BCUT2D eigenvalue weighted by Crippen LogP contribution is 2.22. The highest BCUT2D eigenvalue weighted by molar-refractivity contribution is 5.32. The van der Waals surface area contributed by atoms with E-state index < -0.39 is 0 Å². The van der Waals surface area contributed by atoms with Crippen LogP contribution in [0.25, 0.3) is 0 Å². The third-order valence-corrected chi connectivity index (χ3v) is 4.16. The first kappa shape index (κ1) is 20.6. The number of hydrogen-bond donors (Lipinski definition) is 3. The minimum atomic E-state index is -0.266. The van der Waals surface area contributed by atoms with Gasteiger partial charge < -0.3 is 10.2 Å². The number of anilines is 1. The number of nitrogens with zero attached hydrogens (tertiary/aromatic N) is 3. The van der Waals surface area contributed by atoms with Crippen molar-refractivity contribution >= 4 is 5.95 Å². The van der Waals surface area contributed by atoms with Gasteiger partial charge in [-0.05, 0) is 23.1 Å². The second-order valence-electron chi connectivity index (χ2n) is 7.53. The quantitative estimate of drug-likeness (QED) is 0.727. The van der Waals surface area contributed by atoms with Gasteiger partial charge in [0.15, 0.2) is 0 Å². The van der Waals surface area contributed by atoms with Gasteiger partial charge in [-0.2, -0.15) is 0 Å². The van der Waals surface area contributed by atoms with Gasteiger partial charge in [0, 0.05) is 26.2 Å². The monoisotopic (exact) mass is 370 g/mol. The molecule has 0 spiro atoms. The van der Waals surface area contributed by atoms with Gasteiger partial charge in [-0.3, -0.25) is 15.0 Å². The average Bonchev–Trinajstić information content (AvgIpc) is 2.70. The molecule has 7 heteroatoms. The van der Waals surface area contributed by atoms with Crippen LogP contribution < -0.4 is 15.8 Å². The molecule has 2 aromatic rings. The van der Waals surface area contributed by atoms with Crippen LogP contribution >= 0.6 is 0 Å². The van der Waals surface area contributed by atoms with Crippen molar-refractivity contribution in [1.82, 2.24) is 25.5 Å².